The van der Waals surface area contributed by atoms with E-state index in [1.165, 1.54) is 24.4 Å². The number of hydrogen-bond acceptors (Lipinski definition) is 7. The predicted molar refractivity (Wildman–Crippen MR) is 133 cm³/mol. The van der Waals surface area contributed by atoms with Crippen LogP contribution in [0.1, 0.15) is 21.5 Å². The number of benzene rings is 2. The number of nitrogens with one attached hydrogen (secondary N) is 2. The summed E-state index contributed by atoms with van der Waals surface area (Å²) in [7, 11) is 0. The van der Waals surface area contributed by atoms with Crippen molar-refractivity contribution in [3.8, 4) is 5.75 Å². The van der Waals surface area contributed by atoms with E-state index in [2.05, 4.69) is 20.6 Å². The van der Waals surface area contributed by atoms with E-state index in [9.17, 15) is 14.9 Å². The lowest BCUT2D eigenvalue weighted by atomic mass is 10.1. The summed E-state index contributed by atoms with van der Waals surface area (Å²) in [4.78, 5) is 32.1. The van der Waals surface area contributed by atoms with Gasteiger partial charge in [-0.05, 0) is 53.6 Å². The van der Waals surface area contributed by atoms with Gasteiger partial charge < -0.3 is 15.4 Å². The van der Waals surface area contributed by atoms with Gasteiger partial charge >= 0.3 is 0 Å². The highest BCUT2D eigenvalue weighted by molar-refractivity contribution is 6.31. The van der Waals surface area contributed by atoms with Crippen LogP contribution in [0.2, 0.25) is 5.02 Å². The third-order valence-electron chi connectivity index (χ3n) is 5.03. The number of ether oxygens (including phenoxy) is 1. The van der Waals surface area contributed by atoms with Crippen molar-refractivity contribution in [3.05, 3.63) is 117 Å². The van der Waals surface area contributed by atoms with Crippen LogP contribution >= 0.6 is 11.6 Å². The smallest absolute Gasteiger partial charge is 0.293 e. The van der Waals surface area contributed by atoms with Crippen LogP contribution in [0.15, 0.2) is 85.3 Å². The zero-order chi connectivity index (χ0) is 24.6. The Morgan fingerprint density at radius 2 is 1.83 bits per heavy atom. The van der Waals surface area contributed by atoms with Gasteiger partial charge in [-0.25, -0.2) is 4.98 Å². The summed E-state index contributed by atoms with van der Waals surface area (Å²) in [6.07, 6.45) is 4.83. The van der Waals surface area contributed by atoms with Gasteiger partial charge in [0.1, 0.15) is 12.3 Å². The lowest BCUT2D eigenvalue weighted by Gasteiger charge is -2.12. The second-order valence-corrected chi connectivity index (χ2v) is 7.79. The SMILES string of the molecule is O=C(Nc1ncccc1OCc1ccncc1)c1ccc(NCc2ccccc2Cl)c([N+](=O)[O-])c1. The molecule has 176 valence electrons. The molecular formula is C25H20ClN5O4. The fourth-order valence-electron chi connectivity index (χ4n) is 3.23. The van der Waals surface area contributed by atoms with Gasteiger partial charge in [0, 0.05) is 41.8 Å². The van der Waals surface area contributed by atoms with Crippen molar-refractivity contribution in [3.63, 3.8) is 0 Å². The van der Waals surface area contributed by atoms with Gasteiger partial charge in [0.15, 0.2) is 11.6 Å². The fraction of sp³-hybridized carbons (Fsp3) is 0.0800. The molecule has 0 radical (unpaired) electrons. The average Bonchev–Trinajstić information content (AvgIpc) is 2.88. The number of nitro groups is 1. The molecule has 0 unspecified atom stereocenters. The van der Waals surface area contributed by atoms with Crippen molar-refractivity contribution in [2.45, 2.75) is 13.2 Å². The van der Waals surface area contributed by atoms with Gasteiger partial charge in [0.05, 0.1) is 4.92 Å². The van der Waals surface area contributed by atoms with Crippen molar-refractivity contribution in [2.24, 2.45) is 0 Å². The molecule has 2 aromatic carbocycles. The van der Waals surface area contributed by atoms with E-state index in [0.717, 1.165) is 11.1 Å². The Kier molecular flexibility index (Phi) is 7.49. The Bertz CT molecular complexity index is 1350. The number of nitrogens with zero attached hydrogens (tertiary/aromatic N) is 3. The zero-order valence-electron chi connectivity index (χ0n) is 18.3. The minimum atomic E-state index is -0.557. The number of anilines is 2. The van der Waals surface area contributed by atoms with E-state index < -0.39 is 10.8 Å². The first-order chi connectivity index (χ1) is 17.0. The van der Waals surface area contributed by atoms with Crippen molar-refractivity contribution in [1.82, 2.24) is 9.97 Å². The molecule has 1 amide bonds. The van der Waals surface area contributed by atoms with Crippen LogP contribution in [0.5, 0.6) is 5.75 Å². The molecular weight excluding hydrogens is 470 g/mol. The van der Waals surface area contributed by atoms with E-state index in [4.69, 9.17) is 16.3 Å². The van der Waals surface area contributed by atoms with Crippen molar-refractivity contribution >= 4 is 34.7 Å². The number of hydrogen-bond donors (Lipinski definition) is 2. The lowest BCUT2D eigenvalue weighted by molar-refractivity contribution is -0.384. The summed E-state index contributed by atoms with van der Waals surface area (Å²) in [5.74, 6) is 0.0125. The van der Waals surface area contributed by atoms with Gasteiger partial charge in [-0.1, -0.05) is 29.8 Å². The lowest BCUT2D eigenvalue weighted by Crippen LogP contribution is -2.15. The van der Waals surface area contributed by atoms with Gasteiger partial charge in [-0.3, -0.25) is 19.9 Å². The second-order valence-electron chi connectivity index (χ2n) is 7.38. The van der Waals surface area contributed by atoms with Crippen molar-refractivity contribution in [2.75, 3.05) is 10.6 Å². The van der Waals surface area contributed by atoms with Crippen LogP contribution in [0.25, 0.3) is 0 Å². The first kappa shape index (κ1) is 23.7. The molecule has 0 bridgehead atoms. The zero-order valence-corrected chi connectivity index (χ0v) is 19.1. The number of carbonyl (C=O) groups is 1. The average molecular weight is 490 g/mol. The third kappa shape index (κ3) is 6.10. The number of halogens is 1. The Morgan fingerprint density at radius 3 is 2.60 bits per heavy atom. The molecule has 0 spiro atoms. The standard InChI is InChI=1S/C25H20ClN5O4/c26-20-5-2-1-4-19(20)15-29-21-8-7-18(14-22(21)31(33)34)25(32)30-24-23(6-3-11-28-24)35-16-17-9-12-27-13-10-17/h1-14,29H,15-16H2,(H,28,30,32). The molecule has 4 rings (SSSR count). The molecule has 2 heterocycles. The Labute approximate surface area is 205 Å². The van der Waals surface area contributed by atoms with E-state index in [1.807, 2.05) is 24.3 Å². The van der Waals surface area contributed by atoms with E-state index >= 15 is 0 Å². The summed E-state index contributed by atoms with van der Waals surface area (Å²) in [5.41, 5.74) is 1.83. The predicted octanol–water partition coefficient (Wildman–Crippen LogP) is 5.48. The number of pyridine rings is 2. The normalized spacial score (nSPS) is 10.4. The third-order valence-corrected chi connectivity index (χ3v) is 5.40. The second kappa shape index (κ2) is 11.1. The topological polar surface area (TPSA) is 119 Å². The van der Waals surface area contributed by atoms with Gasteiger partial charge in [-0.15, -0.1) is 0 Å². The molecule has 0 aliphatic heterocycles. The fourth-order valence-corrected chi connectivity index (χ4v) is 3.43. The molecule has 0 saturated heterocycles. The van der Waals surface area contributed by atoms with Crippen molar-refractivity contribution in [1.29, 1.82) is 0 Å². The van der Waals surface area contributed by atoms with Crippen LogP contribution in [0, 0.1) is 10.1 Å². The maximum absolute atomic E-state index is 12.9. The Morgan fingerprint density at radius 1 is 1.03 bits per heavy atom. The molecule has 4 aromatic rings. The molecule has 2 aromatic heterocycles. The summed E-state index contributed by atoms with van der Waals surface area (Å²) in [6.45, 7) is 0.548. The highest BCUT2D eigenvalue weighted by atomic mass is 35.5. The van der Waals surface area contributed by atoms with Gasteiger partial charge in [-0.2, -0.15) is 0 Å². The molecule has 35 heavy (non-hydrogen) atoms. The van der Waals surface area contributed by atoms with E-state index in [0.29, 0.717) is 10.8 Å². The minimum absolute atomic E-state index is 0.103. The summed E-state index contributed by atoms with van der Waals surface area (Å²) >= 11 is 6.16. The maximum Gasteiger partial charge on any atom is 0.293 e. The molecule has 0 atom stereocenters. The van der Waals surface area contributed by atoms with E-state index in [-0.39, 0.29) is 35.9 Å². The molecule has 10 heteroatoms. The molecule has 0 saturated carbocycles. The summed E-state index contributed by atoms with van der Waals surface area (Å²) < 4.78 is 5.79. The Hall–Kier alpha value is -4.50. The quantitative estimate of drug-likeness (QED) is 0.236. The monoisotopic (exact) mass is 489 g/mol. The molecule has 0 aliphatic rings. The number of rotatable bonds is 9. The first-order valence-electron chi connectivity index (χ1n) is 10.5. The van der Waals surface area contributed by atoms with Crippen LogP contribution in [0.4, 0.5) is 17.2 Å². The van der Waals surface area contributed by atoms with Crippen molar-refractivity contribution < 1.29 is 14.5 Å². The van der Waals surface area contributed by atoms with Gasteiger partial charge in [0.25, 0.3) is 11.6 Å². The minimum Gasteiger partial charge on any atom is -0.485 e. The molecule has 2 N–H and O–H groups in total. The molecule has 9 nitrogen and oxygen atoms in total. The van der Waals surface area contributed by atoms with Gasteiger partial charge in [0.2, 0.25) is 0 Å². The molecule has 0 fully saturated rings. The Balaban J connectivity index is 1.48. The number of nitro benzene ring substituents is 1. The number of carbonyl (C=O) groups excluding carboxylic acids is 1. The highest BCUT2D eigenvalue weighted by Crippen LogP contribution is 2.28. The number of amides is 1. The van der Waals surface area contributed by atoms with Crippen LogP contribution < -0.4 is 15.4 Å². The molecule has 0 aliphatic carbocycles. The largest absolute Gasteiger partial charge is 0.485 e. The van der Waals surface area contributed by atoms with Crippen LogP contribution in [-0.2, 0) is 13.2 Å². The first-order valence-corrected chi connectivity index (χ1v) is 10.9. The van der Waals surface area contributed by atoms with Crippen LogP contribution in [0.3, 0.4) is 0 Å². The highest BCUT2D eigenvalue weighted by Gasteiger charge is 2.19. The van der Waals surface area contributed by atoms with Crippen LogP contribution in [-0.4, -0.2) is 20.8 Å². The van der Waals surface area contributed by atoms with E-state index in [1.54, 1.807) is 36.7 Å². The summed E-state index contributed by atoms with van der Waals surface area (Å²) in [5, 5.41) is 17.9. The summed E-state index contributed by atoms with van der Waals surface area (Å²) in [6, 6.07) is 18.4. The maximum atomic E-state index is 12.9. The number of aromatic nitrogens is 2.